The van der Waals surface area contributed by atoms with E-state index in [9.17, 15) is 9.18 Å². The molecule has 4 nitrogen and oxygen atoms in total. The van der Waals surface area contributed by atoms with E-state index < -0.39 is 11.3 Å². The van der Waals surface area contributed by atoms with Crippen molar-refractivity contribution in [3.63, 3.8) is 0 Å². The molecule has 3 rings (SSSR count). The third kappa shape index (κ3) is 4.25. The molecule has 0 spiro atoms. The summed E-state index contributed by atoms with van der Waals surface area (Å²) in [4.78, 5) is 14.1. The summed E-state index contributed by atoms with van der Waals surface area (Å²) in [5.74, 6) is 0.981. The second-order valence-electron chi connectivity index (χ2n) is 8.61. The van der Waals surface area contributed by atoms with Crippen LogP contribution in [0.5, 0.6) is 5.75 Å². The highest BCUT2D eigenvalue weighted by molar-refractivity contribution is 5.69. The number of carbonyl (C=O) groups is 1. The third-order valence-electron chi connectivity index (χ3n) is 4.94. The number of alkyl halides is 1. The molecule has 1 saturated carbocycles. The fourth-order valence-corrected chi connectivity index (χ4v) is 3.28. The summed E-state index contributed by atoms with van der Waals surface area (Å²) >= 11 is 0. The predicted octanol–water partition coefficient (Wildman–Crippen LogP) is 4.67. The molecule has 0 N–H and O–H groups in total. The predicted molar refractivity (Wildman–Crippen MR) is 94.6 cm³/mol. The van der Waals surface area contributed by atoms with Gasteiger partial charge in [0.2, 0.25) is 0 Å². The smallest absolute Gasteiger partial charge is 0.410 e. The van der Waals surface area contributed by atoms with Crippen LogP contribution >= 0.6 is 0 Å². The number of fused-ring (bicyclic) bond motifs is 1. The summed E-state index contributed by atoms with van der Waals surface area (Å²) in [7, 11) is 0. The van der Waals surface area contributed by atoms with Gasteiger partial charge >= 0.3 is 6.09 Å². The van der Waals surface area contributed by atoms with Gasteiger partial charge < -0.3 is 14.4 Å². The van der Waals surface area contributed by atoms with Crippen LogP contribution in [-0.2, 0) is 11.3 Å². The van der Waals surface area contributed by atoms with Crippen molar-refractivity contribution in [2.24, 2.45) is 5.92 Å². The quantitative estimate of drug-likeness (QED) is 0.796. The van der Waals surface area contributed by atoms with E-state index in [0.717, 1.165) is 11.3 Å². The van der Waals surface area contributed by atoms with Gasteiger partial charge in [0.1, 0.15) is 17.0 Å². The topological polar surface area (TPSA) is 38.8 Å². The zero-order valence-corrected chi connectivity index (χ0v) is 15.8. The molecule has 1 aliphatic heterocycles. The Labute approximate surface area is 149 Å². The van der Waals surface area contributed by atoms with Gasteiger partial charge in [0.15, 0.2) is 0 Å². The van der Waals surface area contributed by atoms with Crippen molar-refractivity contribution in [2.45, 2.75) is 64.8 Å². The average Bonchev–Trinajstić information content (AvgIpc) is 3.10. The van der Waals surface area contributed by atoms with Gasteiger partial charge in [-0.25, -0.2) is 9.18 Å². The highest BCUT2D eigenvalue weighted by Gasteiger charge is 2.51. The molecule has 1 amide bonds. The zero-order valence-electron chi connectivity index (χ0n) is 15.8. The van der Waals surface area contributed by atoms with E-state index in [4.69, 9.17) is 9.47 Å². The van der Waals surface area contributed by atoms with Gasteiger partial charge in [-0.3, -0.25) is 0 Å². The number of ether oxygens (including phenoxy) is 2. The first-order chi connectivity index (χ1) is 11.5. The van der Waals surface area contributed by atoms with Crippen LogP contribution in [0.1, 0.15) is 58.1 Å². The maximum absolute atomic E-state index is 13.6. The molecule has 0 radical (unpaired) electrons. The summed E-state index contributed by atoms with van der Waals surface area (Å²) in [5.41, 5.74) is 0.747. The maximum Gasteiger partial charge on any atom is 0.410 e. The number of nitrogens with zero attached hydrogens (tertiary/aromatic N) is 1. The number of benzene rings is 1. The minimum absolute atomic E-state index is 0.00335. The van der Waals surface area contributed by atoms with Crippen LogP contribution in [0.4, 0.5) is 9.18 Å². The molecule has 3 atom stereocenters. The first-order valence-corrected chi connectivity index (χ1v) is 8.97. The Balaban J connectivity index is 1.65. The Hall–Kier alpha value is -1.78. The molecule has 1 aliphatic carbocycles. The van der Waals surface area contributed by atoms with Gasteiger partial charge in [-0.2, -0.15) is 0 Å². The van der Waals surface area contributed by atoms with Crippen LogP contribution < -0.4 is 4.74 Å². The lowest BCUT2D eigenvalue weighted by molar-refractivity contribution is 0.0209. The van der Waals surface area contributed by atoms with Crippen molar-refractivity contribution in [3.05, 3.63) is 29.3 Å². The van der Waals surface area contributed by atoms with E-state index in [-0.39, 0.29) is 17.9 Å². The van der Waals surface area contributed by atoms with Crippen molar-refractivity contribution in [2.75, 3.05) is 13.2 Å². The lowest BCUT2D eigenvalue weighted by Gasteiger charge is -2.34. The number of hydrogen-bond acceptors (Lipinski definition) is 3. The van der Waals surface area contributed by atoms with E-state index in [1.807, 2.05) is 39.0 Å². The standard InChI is InChI=1S/C20H28FNO3/c1-13-10-22(18(23)25-19(2,3)4)11-14-6-7-16(8-17(13)14)24-12-15-9-20(15,5)21/h6-8,13,15H,9-12H2,1-5H3. The molecule has 138 valence electrons. The van der Waals surface area contributed by atoms with Gasteiger partial charge in [0.05, 0.1) is 6.61 Å². The second kappa shape index (κ2) is 6.19. The Kier molecular flexibility index (Phi) is 4.46. The largest absolute Gasteiger partial charge is 0.493 e. The molecular weight excluding hydrogens is 321 g/mol. The number of rotatable bonds is 3. The minimum Gasteiger partial charge on any atom is -0.493 e. The van der Waals surface area contributed by atoms with Crippen molar-refractivity contribution >= 4 is 6.09 Å². The van der Waals surface area contributed by atoms with Crippen LogP contribution in [-0.4, -0.2) is 35.4 Å². The molecule has 0 aromatic heterocycles. The van der Waals surface area contributed by atoms with E-state index in [2.05, 4.69) is 6.92 Å². The molecule has 3 unspecified atom stereocenters. The van der Waals surface area contributed by atoms with Crippen LogP contribution in [0, 0.1) is 5.92 Å². The van der Waals surface area contributed by atoms with Gasteiger partial charge in [-0.15, -0.1) is 0 Å². The van der Waals surface area contributed by atoms with Crippen molar-refractivity contribution in [3.8, 4) is 5.75 Å². The highest BCUT2D eigenvalue weighted by Crippen LogP contribution is 2.46. The lowest BCUT2D eigenvalue weighted by atomic mass is 9.91. The van der Waals surface area contributed by atoms with Gasteiger partial charge in [-0.1, -0.05) is 13.0 Å². The number of hydrogen-bond donors (Lipinski definition) is 0. The van der Waals surface area contributed by atoms with Gasteiger partial charge in [0.25, 0.3) is 0 Å². The van der Waals surface area contributed by atoms with E-state index in [0.29, 0.717) is 26.1 Å². The molecular formula is C20H28FNO3. The van der Waals surface area contributed by atoms with Gasteiger partial charge in [0, 0.05) is 19.0 Å². The summed E-state index contributed by atoms with van der Waals surface area (Å²) in [5, 5.41) is 0. The highest BCUT2D eigenvalue weighted by atomic mass is 19.1. The van der Waals surface area contributed by atoms with Crippen LogP contribution in [0.2, 0.25) is 0 Å². The normalized spacial score (nSPS) is 28.3. The number of carbonyl (C=O) groups excluding carboxylic acids is 1. The van der Waals surface area contributed by atoms with E-state index in [1.165, 1.54) is 5.56 Å². The summed E-state index contributed by atoms with van der Waals surface area (Å²) < 4.78 is 24.9. The Morgan fingerprint density at radius 3 is 2.68 bits per heavy atom. The third-order valence-corrected chi connectivity index (χ3v) is 4.94. The van der Waals surface area contributed by atoms with E-state index in [1.54, 1.807) is 11.8 Å². The summed E-state index contributed by atoms with van der Waals surface area (Å²) in [6.07, 6.45) is 0.306. The molecule has 1 aromatic rings. The van der Waals surface area contributed by atoms with Crippen molar-refractivity contribution in [1.82, 2.24) is 4.90 Å². The maximum atomic E-state index is 13.6. The first-order valence-electron chi connectivity index (χ1n) is 8.97. The fraction of sp³-hybridized carbons (Fsp3) is 0.650. The van der Waals surface area contributed by atoms with Crippen LogP contribution in [0.25, 0.3) is 0 Å². The summed E-state index contributed by atoms with van der Waals surface area (Å²) in [6.45, 7) is 10.9. The second-order valence-corrected chi connectivity index (χ2v) is 8.61. The van der Waals surface area contributed by atoms with E-state index >= 15 is 0 Å². The molecule has 1 aromatic carbocycles. The monoisotopic (exact) mass is 349 g/mol. The molecule has 0 bridgehead atoms. The van der Waals surface area contributed by atoms with Crippen molar-refractivity contribution in [1.29, 1.82) is 0 Å². The molecule has 1 heterocycles. The summed E-state index contributed by atoms with van der Waals surface area (Å²) in [6, 6.07) is 5.94. The molecule has 2 aliphatic rings. The number of amides is 1. The zero-order chi connectivity index (χ0) is 18.4. The lowest BCUT2D eigenvalue weighted by Crippen LogP contribution is -2.41. The number of halogens is 1. The fourth-order valence-electron chi connectivity index (χ4n) is 3.28. The molecule has 5 heteroatoms. The molecule has 25 heavy (non-hydrogen) atoms. The average molecular weight is 349 g/mol. The van der Waals surface area contributed by atoms with Crippen LogP contribution in [0.15, 0.2) is 18.2 Å². The Morgan fingerprint density at radius 2 is 2.08 bits per heavy atom. The Morgan fingerprint density at radius 1 is 1.40 bits per heavy atom. The molecule has 0 saturated heterocycles. The Bertz CT molecular complexity index is 665. The van der Waals surface area contributed by atoms with Crippen molar-refractivity contribution < 1.29 is 18.7 Å². The molecule has 1 fully saturated rings. The van der Waals surface area contributed by atoms with Gasteiger partial charge in [-0.05, 0) is 63.3 Å². The van der Waals surface area contributed by atoms with Crippen LogP contribution in [0.3, 0.4) is 0 Å². The minimum atomic E-state index is -1.06. The SMILES string of the molecule is CC1CN(C(=O)OC(C)(C)C)Cc2ccc(OCC3CC3(C)F)cc21. The first kappa shape index (κ1) is 18.0.